The lowest BCUT2D eigenvalue weighted by Gasteiger charge is -2.17. The molecule has 2 aliphatic carbocycles. The van der Waals surface area contributed by atoms with Crippen LogP contribution in [-0.4, -0.2) is 69.6 Å². The maximum Gasteiger partial charge on any atom is 0.337 e. The van der Waals surface area contributed by atoms with Crippen molar-refractivity contribution >= 4 is 47.0 Å². The maximum atomic E-state index is 12.8. The fourth-order valence-electron chi connectivity index (χ4n) is 8.96. The molecule has 2 amide bonds. The number of carboxylic acids is 1. The van der Waals surface area contributed by atoms with Gasteiger partial charge in [0.15, 0.2) is 11.6 Å². The Kier molecular flexibility index (Phi) is 17.9. The fraction of sp³-hybridized carbons (Fsp3) is 0.451. The van der Waals surface area contributed by atoms with Gasteiger partial charge in [0.1, 0.15) is 11.6 Å². The van der Waals surface area contributed by atoms with E-state index in [4.69, 9.17) is 21.3 Å². The van der Waals surface area contributed by atoms with E-state index in [-0.39, 0.29) is 46.7 Å². The van der Waals surface area contributed by atoms with E-state index in [1.54, 1.807) is 50.2 Å². The molecule has 0 saturated heterocycles. The van der Waals surface area contributed by atoms with Crippen molar-refractivity contribution in [1.82, 2.24) is 20.6 Å². The van der Waals surface area contributed by atoms with Crippen LogP contribution in [0.15, 0.2) is 72.8 Å². The number of aryl methyl sites for hydroxylation is 4. The van der Waals surface area contributed by atoms with Crippen LogP contribution >= 0.6 is 0 Å². The summed E-state index contributed by atoms with van der Waals surface area (Å²) in [6.45, 7) is 7.23. The zero-order valence-corrected chi connectivity index (χ0v) is 38.2. The number of esters is 1. The molecule has 4 aromatic rings. The van der Waals surface area contributed by atoms with Crippen LogP contribution in [0.25, 0.3) is 0 Å². The van der Waals surface area contributed by atoms with E-state index in [1.165, 1.54) is 7.11 Å². The van der Waals surface area contributed by atoms with Gasteiger partial charge in [0.25, 0.3) is 0 Å². The van der Waals surface area contributed by atoms with Crippen molar-refractivity contribution in [1.29, 1.82) is 0 Å². The number of ether oxygens (including phenoxy) is 1. The van der Waals surface area contributed by atoms with Gasteiger partial charge in [0.2, 0.25) is 11.8 Å². The number of aromatic nitrogens is 2. The second kappa shape index (κ2) is 23.5. The first kappa shape index (κ1) is 49.6. The summed E-state index contributed by atoms with van der Waals surface area (Å²) in [7, 11) is 1.37. The van der Waals surface area contributed by atoms with Crippen molar-refractivity contribution in [3.05, 3.63) is 118 Å². The molecule has 2 aliphatic rings. The molecule has 2 heterocycles. The van der Waals surface area contributed by atoms with E-state index in [9.17, 15) is 28.8 Å². The highest BCUT2D eigenvalue weighted by atomic mass is 16.5. The summed E-state index contributed by atoms with van der Waals surface area (Å²) in [5.74, 6) is 0.0469. The van der Waals surface area contributed by atoms with E-state index < -0.39 is 18.1 Å². The standard InChI is InChI=1S/C26H33N3O4.C25H31N3O4/c1-16-20(10-12-24(27)28-16)9-11-23(30)17(2)29-25(31)21-8-7-19(14-21)13-18-5-4-6-22(15-18)26(32)33-3;1-15-19(9-11-23(26)27-15)8-10-22(29)16(2)28-24(30)20-7-6-18(13-20)12-17-4-3-5-21(14-17)25(31)32/h4-6,10,12,15,17,19,21H,7-9,11,13-14H2,1-3H3,(H2,27,28)(H,29,31);3-5,9,11,14,16,18,20H,6-8,10,12-13H2,1-2H3,(H2,26,27)(H,28,30)(H,31,32)/t17-,19-,21+;16-,18-,20+/m00/s1. The Morgan fingerprint density at radius 3 is 1.51 bits per heavy atom. The van der Waals surface area contributed by atoms with Gasteiger partial charge in [0.05, 0.1) is 30.3 Å². The summed E-state index contributed by atoms with van der Waals surface area (Å²) < 4.78 is 4.79. The summed E-state index contributed by atoms with van der Waals surface area (Å²) in [5.41, 5.74) is 17.8. The number of hydrogen-bond acceptors (Lipinski definition) is 11. The van der Waals surface area contributed by atoms with Crippen LogP contribution in [0.2, 0.25) is 0 Å². The van der Waals surface area contributed by atoms with Crippen LogP contribution in [0.5, 0.6) is 0 Å². The first-order valence-electron chi connectivity index (χ1n) is 22.6. The molecular weight excluding hydrogens is 825 g/mol. The van der Waals surface area contributed by atoms with Crippen molar-refractivity contribution in [2.45, 2.75) is 117 Å². The Labute approximate surface area is 381 Å². The molecule has 14 heteroatoms. The van der Waals surface area contributed by atoms with Gasteiger partial charge >= 0.3 is 11.9 Å². The molecule has 2 fully saturated rings. The van der Waals surface area contributed by atoms with Gasteiger partial charge in [-0.05, 0) is 162 Å². The summed E-state index contributed by atoms with van der Waals surface area (Å²) in [6, 6.07) is 20.6. The predicted octanol–water partition coefficient (Wildman–Crippen LogP) is 6.76. The van der Waals surface area contributed by atoms with Crippen LogP contribution in [0.1, 0.15) is 120 Å². The lowest BCUT2D eigenvalue weighted by Crippen LogP contribution is -2.41. The molecule has 0 bridgehead atoms. The van der Waals surface area contributed by atoms with Gasteiger partial charge in [0, 0.05) is 36.1 Å². The zero-order valence-electron chi connectivity index (χ0n) is 38.2. The Balaban J connectivity index is 0.000000244. The largest absolute Gasteiger partial charge is 0.478 e. The molecule has 2 aromatic heterocycles. The molecule has 7 N–H and O–H groups in total. The first-order valence-corrected chi connectivity index (χ1v) is 22.6. The Hall–Kier alpha value is -6.44. The number of amides is 2. The van der Waals surface area contributed by atoms with Gasteiger partial charge in [-0.25, -0.2) is 19.6 Å². The molecule has 14 nitrogen and oxygen atoms in total. The van der Waals surface area contributed by atoms with E-state index in [0.29, 0.717) is 54.7 Å². The molecule has 6 atom stereocenters. The second-order valence-corrected chi connectivity index (χ2v) is 17.7. The number of carbonyl (C=O) groups is 6. The quantitative estimate of drug-likeness (QED) is 0.0652. The number of carboxylic acid groups (broad SMARTS) is 1. The van der Waals surface area contributed by atoms with E-state index in [2.05, 4.69) is 20.6 Å². The molecule has 2 saturated carbocycles. The van der Waals surface area contributed by atoms with Gasteiger partial charge in [-0.2, -0.15) is 0 Å². The number of nitrogens with two attached hydrogens (primary N) is 2. The van der Waals surface area contributed by atoms with Crippen LogP contribution in [0, 0.1) is 37.5 Å². The number of benzene rings is 2. The highest BCUT2D eigenvalue weighted by Crippen LogP contribution is 2.35. The van der Waals surface area contributed by atoms with E-state index in [1.807, 2.05) is 50.2 Å². The normalized spacial score (nSPS) is 18.7. The Morgan fingerprint density at radius 1 is 0.662 bits per heavy atom. The number of carbonyl (C=O) groups excluding carboxylic acids is 5. The number of nitrogens with one attached hydrogen (secondary N) is 2. The van der Waals surface area contributed by atoms with Crippen molar-refractivity contribution < 1.29 is 38.6 Å². The number of rotatable bonds is 18. The minimum absolute atomic E-state index is 0.00499. The number of Topliss-reactive ketones (excluding diaryl/α,β-unsaturated/α-hetero) is 2. The highest BCUT2D eigenvalue weighted by Gasteiger charge is 2.33. The molecule has 0 aliphatic heterocycles. The third kappa shape index (κ3) is 14.8. The highest BCUT2D eigenvalue weighted by molar-refractivity contribution is 5.91. The molecule has 6 rings (SSSR count). The molecule has 2 aromatic carbocycles. The minimum Gasteiger partial charge on any atom is -0.478 e. The van der Waals surface area contributed by atoms with E-state index in [0.717, 1.165) is 85.0 Å². The number of nitrogens with zero attached hydrogens (tertiary/aromatic N) is 2. The fourth-order valence-corrected chi connectivity index (χ4v) is 8.96. The van der Waals surface area contributed by atoms with Gasteiger partial charge < -0.3 is 31.9 Å². The molecular formula is C51H64N6O8. The predicted molar refractivity (Wildman–Crippen MR) is 249 cm³/mol. The third-order valence-electron chi connectivity index (χ3n) is 12.8. The van der Waals surface area contributed by atoms with Gasteiger partial charge in [-0.1, -0.05) is 36.4 Å². The lowest BCUT2D eigenvalue weighted by molar-refractivity contribution is -0.129. The monoisotopic (exact) mass is 888 g/mol. The molecule has 0 radical (unpaired) electrons. The molecule has 346 valence electrons. The van der Waals surface area contributed by atoms with Crippen LogP contribution in [0.3, 0.4) is 0 Å². The summed E-state index contributed by atoms with van der Waals surface area (Å²) in [4.78, 5) is 81.9. The summed E-state index contributed by atoms with van der Waals surface area (Å²) in [6.07, 6.45) is 8.40. The molecule has 65 heavy (non-hydrogen) atoms. The SMILES string of the molecule is COC(=O)c1cccc(C[C@@H]2CC[C@@H](C(=O)N[C@@H](C)C(=O)CCc3ccc(N)nc3C)C2)c1.Cc1nc(N)ccc1CCC(=O)[C@H](C)NC(=O)[C@@H]1CC[C@@H](Cc2cccc(C(=O)O)c2)C1. The zero-order chi connectivity index (χ0) is 47.2. The van der Waals surface area contributed by atoms with Crippen LogP contribution < -0.4 is 22.1 Å². The Morgan fingerprint density at radius 2 is 1.09 bits per heavy atom. The average Bonchev–Trinajstić information content (AvgIpc) is 3.96. The molecule has 0 unspecified atom stereocenters. The number of nitrogen functional groups attached to an aromatic ring is 2. The number of methoxy groups -OCH3 is 1. The number of ketones is 2. The van der Waals surface area contributed by atoms with Gasteiger partial charge in [-0.15, -0.1) is 0 Å². The number of hydrogen-bond donors (Lipinski definition) is 5. The lowest BCUT2D eigenvalue weighted by atomic mass is 9.95. The van der Waals surface area contributed by atoms with E-state index >= 15 is 0 Å². The van der Waals surface area contributed by atoms with Crippen molar-refractivity contribution in [2.75, 3.05) is 18.6 Å². The minimum atomic E-state index is -0.933. The topological polar surface area (TPSA) is 234 Å². The average molecular weight is 889 g/mol. The number of anilines is 2. The summed E-state index contributed by atoms with van der Waals surface area (Å²) in [5, 5.41) is 15.0. The van der Waals surface area contributed by atoms with Crippen molar-refractivity contribution in [2.24, 2.45) is 23.7 Å². The Bertz CT molecular complexity index is 2350. The van der Waals surface area contributed by atoms with Crippen molar-refractivity contribution in [3.8, 4) is 0 Å². The third-order valence-corrected chi connectivity index (χ3v) is 12.8. The van der Waals surface area contributed by atoms with Crippen LogP contribution in [-0.2, 0) is 49.6 Å². The smallest absolute Gasteiger partial charge is 0.337 e. The second-order valence-electron chi connectivity index (χ2n) is 17.7. The van der Waals surface area contributed by atoms with Crippen molar-refractivity contribution in [3.63, 3.8) is 0 Å². The number of pyridine rings is 2. The first-order chi connectivity index (χ1) is 31.0. The summed E-state index contributed by atoms with van der Waals surface area (Å²) >= 11 is 0. The molecule has 0 spiro atoms. The van der Waals surface area contributed by atoms with Crippen LogP contribution in [0.4, 0.5) is 11.6 Å². The maximum absolute atomic E-state index is 12.8. The number of aromatic carboxylic acids is 1. The van der Waals surface area contributed by atoms with Gasteiger partial charge in [-0.3, -0.25) is 19.2 Å².